The van der Waals surface area contributed by atoms with Gasteiger partial charge in [-0.3, -0.25) is 4.79 Å². The molecule has 1 rings (SSSR count). The van der Waals surface area contributed by atoms with Crippen LogP contribution >= 0.6 is 11.6 Å². The van der Waals surface area contributed by atoms with E-state index in [2.05, 4.69) is 4.74 Å². The molecular weight excluding hydrogens is 414 g/mol. The molecule has 2 atom stereocenters. The van der Waals surface area contributed by atoms with Gasteiger partial charge in [0.15, 0.2) is 19.3 Å². The highest BCUT2D eigenvalue weighted by molar-refractivity contribution is 7.94. The van der Waals surface area contributed by atoms with Crippen LogP contribution in [0.3, 0.4) is 0 Å². The first kappa shape index (κ1) is 22.6. The number of rotatable bonds is 5. The first-order valence-electron chi connectivity index (χ1n) is 6.81. The van der Waals surface area contributed by atoms with Gasteiger partial charge in [-0.05, 0) is 13.0 Å². The molecule has 2 unspecified atom stereocenters. The van der Waals surface area contributed by atoms with Crippen LogP contribution in [0.25, 0.3) is 0 Å². The van der Waals surface area contributed by atoms with Crippen LogP contribution in [0, 0.1) is 0 Å². The molecule has 0 saturated heterocycles. The van der Waals surface area contributed by atoms with Crippen molar-refractivity contribution in [2.75, 3.05) is 7.11 Å². The maximum atomic E-state index is 13.2. The van der Waals surface area contributed by atoms with E-state index in [1.54, 1.807) is 0 Å². The number of hydrogen-bond acceptors (Lipinski definition) is 4. The second-order valence-corrected chi connectivity index (χ2v) is 8.64. The maximum Gasteiger partial charge on any atom is 0.416 e. The van der Waals surface area contributed by atoms with Crippen LogP contribution in [0.5, 0.6) is 0 Å². The van der Waals surface area contributed by atoms with Gasteiger partial charge in [0.2, 0.25) is 0 Å². The summed E-state index contributed by atoms with van der Waals surface area (Å²) in [5.41, 5.74) is -2.97. The van der Waals surface area contributed by atoms with Gasteiger partial charge in [0.1, 0.15) is 0 Å². The van der Waals surface area contributed by atoms with E-state index < -0.39 is 55.2 Å². The summed E-state index contributed by atoms with van der Waals surface area (Å²) in [5, 5.41) is -2.23. The van der Waals surface area contributed by atoms with Crippen molar-refractivity contribution >= 4 is 27.4 Å². The summed E-state index contributed by atoms with van der Waals surface area (Å²) in [7, 11) is -4.53. The second kappa shape index (κ2) is 7.26. The zero-order valence-electron chi connectivity index (χ0n) is 13.3. The summed E-state index contributed by atoms with van der Waals surface area (Å²) in [6, 6.07) is 2.72. The Balaban J connectivity index is 3.80. The number of halogens is 7. The second-order valence-electron chi connectivity index (χ2n) is 5.27. The van der Waals surface area contributed by atoms with Crippen molar-refractivity contribution in [1.29, 1.82) is 0 Å². The summed E-state index contributed by atoms with van der Waals surface area (Å²) in [6.07, 6.45) is -12.8. The van der Waals surface area contributed by atoms with Crippen molar-refractivity contribution in [2.45, 2.75) is 35.2 Å². The predicted molar refractivity (Wildman–Crippen MR) is 80.0 cm³/mol. The number of methoxy groups -OCH3 is 1. The topological polar surface area (TPSA) is 60.4 Å². The molecule has 0 saturated carbocycles. The van der Waals surface area contributed by atoms with Crippen LogP contribution < -0.4 is 0 Å². The van der Waals surface area contributed by atoms with Crippen LogP contribution in [0.4, 0.5) is 26.3 Å². The van der Waals surface area contributed by atoms with Gasteiger partial charge in [0.25, 0.3) is 0 Å². The van der Waals surface area contributed by atoms with Crippen molar-refractivity contribution in [2.24, 2.45) is 0 Å². The first-order valence-corrected chi connectivity index (χ1v) is 8.74. The minimum Gasteiger partial charge on any atom is -0.468 e. The number of sulfone groups is 1. The van der Waals surface area contributed by atoms with Gasteiger partial charge in [-0.1, -0.05) is 29.8 Å². The summed E-state index contributed by atoms with van der Waals surface area (Å²) >= 11 is 5.73. The molecule has 4 nitrogen and oxygen atoms in total. The number of esters is 1. The molecule has 0 aromatic heterocycles. The van der Waals surface area contributed by atoms with E-state index in [0.29, 0.717) is 19.1 Å². The van der Waals surface area contributed by atoms with Crippen LogP contribution in [0.15, 0.2) is 24.3 Å². The lowest BCUT2D eigenvalue weighted by atomic mass is 10.0. The number of carbonyl (C=O) groups is 1. The molecule has 0 fully saturated rings. The molecule has 0 aliphatic heterocycles. The molecule has 0 aliphatic carbocycles. The van der Waals surface area contributed by atoms with Crippen molar-refractivity contribution in [3.8, 4) is 0 Å². The van der Waals surface area contributed by atoms with Crippen LogP contribution in [-0.4, -0.2) is 32.9 Å². The number of benzene rings is 1. The third kappa shape index (κ3) is 4.43. The van der Waals surface area contributed by atoms with E-state index in [9.17, 15) is 39.6 Å². The monoisotopic (exact) mass is 426 g/mol. The molecule has 1 aromatic carbocycles. The Bertz CT molecular complexity index is 774. The Labute approximate surface area is 150 Å². The smallest absolute Gasteiger partial charge is 0.416 e. The molecule has 0 aliphatic rings. The fourth-order valence-electron chi connectivity index (χ4n) is 2.24. The standard InChI is InChI=1S/C14H13ClF6O4S/c1-8(11(22)25-2)26(23,24)12(15,7-13(16,17)18)9-5-3-4-6-10(9)14(19,20)21/h3-6,8H,7H2,1-2H3. The van der Waals surface area contributed by atoms with Gasteiger partial charge in [-0.2, -0.15) is 26.3 Å². The SMILES string of the molecule is COC(=O)C(C)S(=O)(=O)C(Cl)(CC(F)(F)F)c1ccccc1C(F)(F)F. The van der Waals surface area contributed by atoms with Gasteiger partial charge in [-0.15, -0.1) is 0 Å². The maximum absolute atomic E-state index is 13.2. The van der Waals surface area contributed by atoms with E-state index in [4.69, 9.17) is 11.6 Å². The van der Waals surface area contributed by atoms with Gasteiger partial charge in [0.05, 0.1) is 19.1 Å². The Hall–Kier alpha value is -1.49. The fraction of sp³-hybridized carbons (Fsp3) is 0.500. The summed E-state index contributed by atoms with van der Waals surface area (Å²) in [6.45, 7) is 0.685. The zero-order chi connectivity index (χ0) is 20.6. The molecule has 1 aromatic rings. The van der Waals surface area contributed by atoms with Crippen molar-refractivity contribution < 1.29 is 44.3 Å². The molecule has 0 N–H and O–H groups in total. The van der Waals surface area contributed by atoms with E-state index >= 15 is 0 Å². The third-order valence-electron chi connectivity index (χ3n) is 3.51. The lowest BCUT2D eigenvalue weighted by Gasteiger charge is -2.32. The summed E-state index contributed by atoms with van der Waals surface area (Å²) < 4.78 is 104. The Morgan fingerprint density at radius 3 is 1.96 bits per heavy atom. The molecular formula is C14H13ClF6O4S. The Kier molecular flexibility index (Phi) is 6.30. The molecule has 26 heavy (non-hydrogen) atoms. The number of ether oxygens (including phenoxy) is 1. The normalized spacial score (nSPS) is 16.7. The van der Waals surface area contributed by atoms with E-state index in [1.165, 1.54) is 0 Å². The van der Waals surface area contributed by atoms with Gasteiger partial charge in [-0.25, -0.2) is 8.42 Å². The number of hydrogen-bond donors (Lipinski definition) is 0. The van der Waals surface area contributed by atoms with Crippen molar-refractivity contribution in [1.82, 2.24) is 0 Å². The minimum absolute atomic E-state index is 0.404. The Morgan fingerprint density at radius 2 is 1.58 bits per heavy atom. The highest BCUT2D eigenvalue weighted by Crippen LogP contribution is 2.49. The number of alkyl halides is 7. The van der Waals surface area contributed by atoms with Crippen LogP contribution in [0.1, 0.15) is 24.5 Å². The van der Waals surface area contributed by atoms with Crippen molar-refractivity contribution in [3.05, 3.63) is 35.4 Å². The molecule has 0 heterocycles. The summed E-state index contributed by atoms with van der Waals surface area (Å²) in [4.78, 5) is 11.5. The van der Waals surface area contributed by atoms with Crippen molar-refractivity contribution in [3.63, 3.8) is 0 Å². The van der Waals surface area contributed by atoms with Gasteiger partial charge >= 0.3 is 18.3 Å². The zero-order valence-corrected chi connectivity index (χ0v) is 14.9. The summed E-state index contributed by atoms with van der Waals surface area (Å²) in [5.74, 6) is -1.46. The predicted octanol–water partition coefficient (Wildman–Crippen LogP) is 4.03. The van der Waals surface area contributed by atoms with E-state index in [-0.39, 0.29) is 0 Å². The molecule has 148 valence electrons. The quantitative estimate of drug-likeness (QED) is 0.405. The van der Waals surface area contributed by atoms with Crippen LogP contribution in [-0.2, 0) is 29.8 Å². The highest BCUT2D eigenvalue weighted by Gasteiger charge is 2.57. The van der Waals surface area contributed by atoms with E-state index in [1.807, 2.05) is 0 Å². The molecule has 0 bridgehead atoms. The average molecular weight is 427 g/mol. The molecule has 0 radical (unpaired) electrons. The largest absolute Gasteiger partial charge is 0.468 e. The van der Waals surface area contributed by atoms with Gasteiger partial charge < -0.3 is 4.74 Å². The first-order chi connectivity index (χ1) is 11.6. The molecule has 0 spiro atoms. The average Bonchev–Trinajstić information content (AvgIpc) is 2.50. The molecule has 12 heteroatoms. The van der Waals surface area contributed by atoms with Gasteiger partial charge in [0, 0.05) is 5.56 Å². The third-order valence-corrected chi connectivity index (χ3v) is 6.88. The minimum atomic E-state index is -5.31. The van der Waals surface area contributed by atoms with E-state index in [0.717, 1.165) is 19.2 Å². The lowest BCUT2D eigenvalue weighted by molar-refractivity contribution is -0.144. The Morgan fingerprint density at radius 1 is 1.12 bits per heavy atom. The number of carbonyl (C=O) groups excluding carboxylic acids is 1. The van der Waals surface area contributed by atoms with Crippen LogP contribution in [0.2, 0.25) is 0 Å². The fourth-order valence-corrected chi connectivity index (χ4v) is 4.71. The molecule has 0 amide bonds. The lowest BCUT2D eigenvalue weighted by Crippen LogP contribution is -2.44. The highest BCUT2D eigenvalue weighted by atomic mass is 35.5.